The van der Waals surface area contributed by atoms with Gasteiger partial charge in [-0.2, -0.15) is 0 Å². The first-order valence-electron chi connectivity index (χ1n) is 6.42. The zero-order chi connectivity index (χ0) is 12.7. The van der Waals surface area contributed by atoms with Crippen molar-refractivity contribution in [1.82, 2.24) is 19.9 Å². The molecule has 2 aromatic rings. The first-order valence-corrected chi connectivity index (χ1v) is 6.42. The van der Waals surface area contributed by atoms with Crippen LogP contribution in [-0.2, 0) is 7.05 Å². The minimum absolute atomic E-state index is 0.481. The van der Waals surface area contributed by atoms with Crippen LogP contribution in [0.5, 0.6) is 0 Å². The average molecular weight is 245 g/mol. The summed E-state index contributed by atoms with van der Waals surface area (Å²) in [5, 5.41) is 3.54. The molecule has 1 aliphatic rings. The van der Waals surface area contributed by atoms with Gasteiger partial charge in [-0.1, -0.05) is 0 Å². The Morgan fingerprint density at radius 1 is 1.22 bits per heavy atom. The number of nitrogens with zero attached hydrogens (tertiary/aromatic N) is 4. The molecule has 18 heavy (non-hydrogen) atoms. The highest BCUT2D eigenvalue weighted by Crippen LogP contribution is 2.24. The summed E-state index contributed by atoms with van der Waals surface area (Å²) in [6.07, 6.45) is 3.72. The molecule has 5 heteroatoms. The van der Waals surface area contributed by atoms with E-state index in [1.165, 1.54) is 0 Å². The number of anilines is 1. The molecule has 2 aromatic heterocycles. The Bertz CT molecular complexity index is 552. The van der Waals surface area contributed by atoms with Gasteiger partial charge < -0.3 is 14.8 Å². The highest BCUT2D eigenvalue weighted by Gasteiger charge is 2.23. The second kappa shape index (κ2) is 4.24. The summed E-state index contributed by atoms with van der Waals surface area (Å²) in [5.74, 6) is 1.01. The van der Waals surface area contributed by atoms with E-state index >= 15 is 0 Å². The van der Waals surface area contributed by atoms with Crippen molar-refractivity contribution in [1.29, 1.82) is 0 Å². The second-order valence-electron chi connectivity index (χ2n) is 5.23. The molecule has 1 N–H and O–H groups in total. The van der Waals surface area contributed by atoms with Gasteiger partial charge in [0.15, 0.2) is 5.82 Å². The van der Waals surface area contributed by atoms with Crippen LogP contribution in [0.1, 0.15) is 13.8 Å². The molecule has 96 valence electrons. The smallest absolute Gasteiger partial charge is 0.156 e. The number of hydrogen-bond donors (Lipinski definition) is 1. The van der Waals surface area contributed by atoms with E-state index in [1.807, 2.05) is 30.2 Å². The number of nitrogens with one attached hydrogen (secondary N) is 1. The zero-order valence-corrected chi connectivity index (χ0v) is 11.1. The van der Waals surface area contributed by atoms with E-state index in [0.717, 1.165) is 29.9 Å². The number of fused-ring (bicyclic) bond motifs is 1. The van der Waals surface area contributed by atoms with Crippen molar-refractivity contribution in [3.63, 3.8) is 0 Å². The Balaban J connectivity index is 2.03. The molecule has 0 aromatic carbocycles. The van der Waals surface area contributed by atoms with Gasteiger partial charge in [0, 0.05) is 38.4 Å². The first-order chi connectivity index (χ1) is 8.65. The van der Waals surface area contributed by atoms with E-state index in [0.29, 0.717) is 12.1 Å². The second-order valence-corrected chi connectivity index (χ2v) is 5.23. The van der Waals surface area contributed by atoms with Crippen LogP contribution in [-0.4, -0.2) is 39.7 Å². The zero-order valence-electron chi connectivity index (χ0n) is 11.1. The maximum absolute atomic E-state index is 4.54. The van der Waals surface area contributed by atoms with Crippen molar-refractivity contribution in [3.05, 3.63) is 18.6 Å². The van der Waals surface area contributed by atoms with Crippen molar-refractivity contribution in [2.24, 2.45) is 7.05 Å². The van der Waals surface area contributed by atoms with Gasteiger partial charge >= 0.3 is 0 Å². The molecule has 1 saturated heterocycles. The van der Waals surface area contributed by atoms with Gasteiger partial charge in [-0.15, -0.1) is 0 Å². The Labute approximate surface area is 107 Å². The van der Waals surface area contributed by atoms with Crippen LogP contribution >= 0.6 is 0 Å². The molecular weight excluding hydrogens is 226 g/mol. The molecule has 0 saturated carbocycles. The van der Waals surface area contributed by atoms with E-state index in [1.54, 1.807) is 0 Å². The number of piperazine rings is 1. The number of rotatable bonds is 1. The molecule has 0 spiro atoms. The number of aromatic nitrogens is 3. The van der Waals surface area contributed by atoms with Crippen LogP contribution in [0.2, 0.25) is 0 Å². The quantitative estimate of drug-likeness (QED) is 0.819. The third-order valence-electron chi connectivity index (χ3n) is 3.48. The van der Waals surface area contributed by atoms with Crippen molar-refractivity contribution in [2.75, 3.05) is 18.0 Å². The lowest BCUT2D eigenvalue weighted by Crippen LogP contribution is -2.54. The number of hydrogen-bond acceptors (Lipinski definition) is 4. The van der Waals surface area contributed by atoms with E-state index < -0.39 is 0 Å². The van der Waals surface area contributed by atoms with Crippen LogP contribution in [0.25, 0.3) is 11.0 Å². The Hall–Kier alpha value is -1.62. The third-order valence-corrected chi connectivity index (χ3v) is 3.48. The van der Waals surface area contributed by atoms with Crippen molar-refractivity contribution >= 4 is 16.9 Å². The SMILES string of the molecule is CC1CN(c2nccc3c2ncn3C)CC(C)N1. The summed E-state index contributed by atoms with van der Waals surface area (Å²) in [7, 11) is 2.02. The minimum Gasteiger partial charge on any atom is -0.352 e. The minimum atomic E-state index is 0.481. The number of aryl methyl sites for hydroxylation is 1. The topological polar surface area (TPSA) is 46.0 Å². The van der Waals surface area contributed by atoms with E-state index in [9.17, 15) is 0 Å². The van der Waals surface area contributed by atoms with E-state index in [4.69, 9.17) is 0 Å². The summed E-state index contributed by atoms with van der Waals surface area (Å²) in [6, 6.07) is 2.98. The monoisotopic (exact) mass is 245 g/mol. The first kappa shape index (κ1) is 11.5. The summed E-state index contributed by atoms with van der Waals surface area (Å²) in [4.78, 5) is 11.4. The predicted octanol–water partition coefficient (Wildman–Crippen LogP) is 1.15. The molecule has 1 aliphatic heterocycles. The average Bonchev–Trinajstić information content (AvgIpc) is 2.70. The van der Waals surface area contributed by atoms with Gasteiger partial charge in [0.1, 0.15) is 5.52 Å². The van der Waals surface area contributed by atoms with Gasteiger partial charge in [-0.25, -0.2) is 9.97 Å². The molecule has 1 fully saturated rings. The molecule has 0 bridgehead atoms. The lowest BCUT2D eigenvalue weighted by molar-refractivity contribution is 0.406. The Kier molecular flexibility index (Phi) is 2.70. The summed E-state index contributed by atoms with van der Waals surface area (Å²) in [6.45, 7) is 6.38. The number of imidazole rings is 1. The maximum atomic E-state index is 4.54. The molecule has 0 radical (unpaired) electrons. The highest BCUT2D eigenvalue weighted by atomic mass is 15.3. The normalized spacial score (nSPS) is 24.7. The summed E-state index contributed by atoms with van der Waals surface area (Å²) < 4.78 is 2.04. The molecule has 2 atom stereocenters. The summed E-state index contributed by atoms with van der Waals surface area (Å²) >= 11 is 0. The van der Waals surface area contributed by atoms with Gasteiger partial charge in [-0.3, -0.25) is 0 Å². The number of pyridine rings is 1. The summed E-state index contributed by atoms with van der Waals surface area (Å²) in [5.41, 5.74) is 2.14. The molecular formula is C13H19N5. The van der Waals surface area contributed by atoms with Crippen LogP contribution in [0.3, 0.4) is 0 Å². The van der Waals surface area contributed by atoms with Crippen LogP contribution in [0.4, 0.5) is 5.82 Å². The fraction of sp³-hybridized carbons (Fsp3) is 0.538. The Morgan fingerprint density at radius 3 is 2.67 bits per heavy atom. The lowest BCUT2D eigenvalue weighted by atomic mass is 10.1. The van der Waals surface area contributed by atoms with Crippen molar-refractivity contribution < 1.29 is 0 Å². The lowest BCUT2D eigenvalue weighted by Gasteiger charge is -2.36. The van der Waals surface area contributed by atoms with E-state index in [2.05, 4.69) is 34.0 Å². The third kappa shape index (κ3) is 1.84. The van der Waals surface area contributed by atoms with Crippen molar-refractivity contribution in [2.45, 2.75) is 25.9 Å². The molecule has 2 unspecified atom stereocenters. The van der Waals surface area contributed by atoms with Crippen molar-refractivity contribution in [3.8, 4) is 0 Å². The van der Waals surface area contributed by atoms with Crippen LogP contribution < -0.4 is 10.2 Å². The fourth-order valence-corrected chi connectivity index (χ4v) is 2.78. The molecule has 0 amide bonds. The Morgan fingerprint density at radius 2 is 1.94 bits per heavy atom. The highest BCUT2D eigenvalue weighted by molar-refractivity contribution is 5.86. The molecule has 3 heterocycles. The van der Waals surface area contributed by atoms with Gasteiger partial charge in [0.2, 0.25) is 0 Å². The molecule has 3 rings (SSSR count). The molecule has 0 aliphatic carbocycles. The molecule has 5 nitrogen and oxygen atoms in total. The fourth-order valence-electron chi connectivity index (χ4n) is 2.78. The van der Waals surface area contributed by atoms with Gasteiger partial charge in [-0.05, 0) is 19.9 Å². The predicted molar refractivity (Wildman–Crippen MR) is 72.8 cm³/mol. The maximum Gasteiger partial charge on any atom is 0.156 e. The van der Waals surface area contributed by atoms with Gasteiger partial charge in [0.25, 0.3) is 0 Å². The standard InChI is InChI=1S/C13H19N5/c1-9-6-18(7-10(2)16-9)13-12-11(4-5-14-13)17(3)8-15-12/h4-5,8-10,16H,6-7H2,1-3H3. The van der Waals surface area contributed by atoms with Crippen LogP contribution in [0, 0.1) is 0 Å². The van der Waals surface area contributed by atoms with Crippen LogP contribution in [0.15, 0.2) is 18.6 Å². The van der Waals surface area contributed by atoms with E-state index in [-0.39, 0.29) is 0 Å². The largest absolute Gasteiger partial charge is 0.352 e. The van der Waals surface area contributed by atoms with Gasteiger partial charge in [0.05, 0.1) is 11.8 Å².